The molecule has 1 aliphatic heterocycles. The van der Waals surface area contributed by atoms with Gasteiger partial charge in [0.2, 0.25) is 0 Å². The van der Waals surface area contributed by atoms with Crippen LogP contribution in [0.25, 0.3) is 0 Å². The third kappa shape index (κ3) is 3.72. The highest BCUT2D eigenvalue weighted by atomic mass is 16.5. The van der Waals surface area contributed by atoms with Crippen molar-refractivity contribution < 1.29 is 19.4 Å². The Morgan fingerprint density at radius 3 is 2.89 bits per heavy atom. The zero-order chi connectivity index (χ0) is 13.7. The van der Waals surface area contributed by atoms with Crippen molar-refractivity contribution >= 4 is 5.97 Å². The van der Waals surface area contributed by atoms with Gasteiger partial charge in [0.15, 0.2) is 5.69 Å². The number of carbonyl (C=O) groups is 1. The van der Waals surface area contributed by atoms with E-state index < -0.39 is 5.97 Å². The second-order valence-corrected chi connectivity index (χ2v) is 4.41. The molecule has 1 fully saturated rings. The van der Waals surface area contributed by atoms with E-state index in [1.165, 1.54) is 6.20 Å². The first-order valence-corrected chi connectivity index (χ1v) is 6.15. The maximum Gasteiger partial charge on any atom is 0.358 e. The van der Waals surface area contributed by atoms with Crippen LogP contribution in [0.2, 0.25) is 0 Å². The average Bonchev–Trinajstić information content (AvgIpc) is 2.80. The minimum absolute atomic E-state index is 0.0126. The average molecular weight is 270 g/mol. The number of hydrogen-bond donors (Lipinski definition) is 1. The van der Waals surface area contributed by atoms with Crippen molar-refractivity contribution in [2.24, 2.45) is 0 Å². The van der Waals surface area contributed by atoms with E-state index in [2.05, 4.69) is 15.2 Å². The van der Waals surface area contributed by atoms with Crippen LogP contribution in [0, 0.1) is 0 Å². The standard InChI is InChI=1S/C11H18N4O4/c1-18-4-5-19-3-2-14-6-9(7-14)15-8-10(11(16)17)12-13-15/h8-9H,2-7H2,1H3,(H,16,17). The molecule has 8 nitrogen and oxygen atoms in total. The van der Waals surface area contributed by atoms with E-state index >= 15 is 0 Å². The highest BCUT2D eigenvalue weighted by molar-refractivity contribution is 5.84. The molecule has 0 aromatic carbocycles. The molecule has 1 aromatic heterocycles. The number of aromatic carboxylic acids is 1. The van der Waals surface area contributed by atoms with Crippen molar-refractivity contribution in [3.05, 3.63) is 11.9 Å². The zero-order valence-electron chi connectivity index (χ0n) is 10.9. The molecule has 0 bridgehead atoms. The van der Waals surface area contributed by atoms with Crippen LogP contribution in [0.15, 0.2) is 6.20 Å². The number of carboxylic acid groups (broad SMARTS) is 1. The predicted octanol–water partition coefficient (Wildman–Crippen LogP) is -0.504. The Labute approximate surface area is 110 Å². The van der Waals surface area contributed by atoms with Gasteiger partial charge in [-0.25, -0.2) is 9.48 Å². The molecule has 1 N–H and O–H groups in total. The lowest BCUT2D eigenvalue weighted by Crippen LogP contribution is -2.49. The number of likely N-dealkylation sites (tertiary alicyclic amines) is 1. The summed E-state index contributed by atoms with van der Waals surface area (Å²) >= 11 is 0. The zero-order valence-corrected chi connectivity index (χ0v) is 10.9. The smallest absolute Gasteiger partial charge is 0.358 e. The fourth-order valence-corrected chi connectivity index (χ4v) is 1.88. The molecule has 1 aliphatic rings. The van der Waals surface area contributed by atoms with Crippen LogP contribution in [0.3, 0.4) is 0 Å². The molecule has 2 heterocycles. The lowest BCUT2D eigenvalue weighted by Gasteiger charge is -2.38. The molecule has 0 atom stereocenters. The molecule has 2 rings (SSSR count). The van der Waals surface area contributed by atoms with Gasteiger partial charge in [-0.3, -0.25) is 4.90 Å². The summed E-state index contributed by atoms with van der Waals surface area (Å²) in [5, 5.41) is 16.2. The normalized spacial score (nSPS) is 16.5. The van der Waals surface area contributed by atoms with Gasteiger partial charge >= 0.3 is 5.97 Å². The Morgan fingerprint density at radius 1 is 1.47 bits per heavy atom. The topological polar surface area (TPSA) is 89.7 Å². The number of ether oxygens (including phenoxy) is 2. The molecule has 1 saturated heterocycles. The lowest BCUT2D eigenvalue weighted by molar-refractivity contribution is 0.0288. The Hall–Kier alpha value is -1.51. The molecule has 0 spiro atoms. The van der Waals surface area contributed by atoms with Crippen molar-refractivity contribution in [3.63, 3.8) is 0 Å². The van der Waals surface area contributed by atoms with E-state index in [4.69, 9.17) is 14.6 Å². The van der Waals surface area contributed by atoms with E-state index in [0.29, 0.717) is 19.8 Å². The van der Waals surface area contributed by atoms with Gasteiger partial charge in [0.25, 0.3) is 0 Å². The summed E-state index contributed by atoms with van der Waals surface area (Å²) in [6.45, 7) is 4.44. The predicted molar refractivity (Wildman–Crippen MR) is 65.2 cm³/mol. The molecule has 0 unspecified atom stereocenters. The summed E-state index contributed by atoms with van der Waals surface area (Å²) in [5.74, 6) is -1.05. The molecule has 8 heteroatoms. The monoisotopic (exact) mass is 270 g/mol. The van der Waals surface area contributed by atoms with Crippen LogP contribution >= 0.6 is 0 Å². The summed E-state index contributed by atoms with van der Waals surface area (Å²) in [5.41, 5.74) is -0.0126. The van der Waals surface area contributed by atoms with Crippen LogP contribution in [-0.2, 0) is 9.47 Å². The van der Waals surface area contributed by atoms with Crippen LogP contribution < -0.4 is 0 Å². The van der Waals surface area contributed by atoms with Crippen molar-refractivity contribution in [1.82, 2.24) is 19.9 Å². The first-order chi connectivity index (χ1) is 9.20. The number of aromatic nitrogens is 3. The Kier molecular flexibility index (Phi) is 4.83. The summed E-state index contributed by atoms with van der Waals surface area (Å²) in [6, 6.07) is 0.208. The molecule has 19 heavy (non-hydrogen) atoms. The summed E-state index contributed by atoms with van der Waals surface area (Å²) in [7, 11) is 1.65. The van der Waals surface area contributed by atoms with Gasteiger partial charge in [-0.05, 0) is 0 Å². The molecule has 1 aromatic rings. The fraction of sp³-hybridized carbons (Fsp3) is 0.727. The molecule has 106 valence electrons. The second kappa shape index (κ2) is 6.60. The lowest BCUT2D eigenvalue weighted by atomic mass is 10.1. The number of rotatable bonds is 8. The van der Waals surface area contributed by atoms with Gasteiger partial charge in [0.05, 0.1) is 32.1 Å². The maximum absolute atomic E-state index is 10.7. The quantitative estimate of drug-likeness (QED) is 0.637. The number of carboxylic acids is 1. The first-order valence-electron chi connectivity index (χ1n) is 6.15. The minimum atomic E-state index is -1.05. The van der Waals surface area contributed by atoms with Crippen LogP contribution in [0.4, 0.5) is 0 Å². The summed E-state index contributed by atoms with van der Waals surface area (Å²) in [4.78, 5) is 12.9. The number of methoxy groups -OCH3 is 1. The minimum Gasteiger partial charge on any atom is -0.476 e. The van der Waals surface area contributed by atoms with E-state index in [9.17, 15) is 4.79 Å². The van der Waals surface area contributed by atoms with E-state index in [1.807, 2.05) is 0 Å². The fourth-order valence-electron chi connectivity index (χ4n) is 1.88. The maximum atomic E-state index is 10.7. The molecule has 0 saturated carbocycles. The highest BCUT2D eigenvalue weighted by Crippen LogP contribution is 2.19. The Morgan fingerprint density at radius 2 is 2.26 bits per heavy atom. The molecular weight excluding hydrogens is 252 g/mol. The van der Waals surface area contributed by atoms with Crippen molar-refractivity contribution in [2.75, 3.05) is 46.6 Å². The van der Waals surface area contributed by atoms with Gasteiger partial charge in [-0.1, -0.05) is 5.21 Å². The largest absolute Gasteiger partial charge is 0.476 e. The van der Waals surface area contributed by atoms with Gasteiger partial charge in [0.1, 0.15) is 0 Å². The van der Waals surface area contributed by atoms with Gasteiger partial charge in [-0.2, -0.15) is 0 Å². The summed E-state index contributed by atoms with van der Waals surface area (Å²) < 4.78 is 11.9. The van der Waals surface area contributed by atoms with E-state index in [-0.39, 0.29) is 11.7 Å². The van der Waals surface area contributed by atoms with Gasteiger partial charge in [-0.15, -0.1) is 5.10 Å². The third-order valence-electron chi connectivity index (χ3n) is 3.03. The number of hydrogen-bond acceptors (Lipinski definition) is 6. The summed E-state index contributed by atoms with van der Waals surface area (Å²) in [6.07, 6.45) is 1.47. The first kappa shape index (κ1) is 13.9. The third-order valence-corrected chi connectivity index (χ3v) is 3.03. The van der Waals surface area contributed by atoms with Gasteiger partial charge in [0, 0.05) is 26.7 Å². The number of nitrogens with zero attached hydrogens (tertiary/aromatic N) is 4. The van der Waals surface area contributed by atoms with Crippen LogP contribution in [0.1, 0.15) is 16.5 Å². The molecular formula is C11H18N4O4. The van der Waals surface area contributed by atoms with Crippen molar-refractivity contribution in [2.45, 2.75) is 6.04 Å². The molecule has 0 amide bonds. The van der Waals surface area contributed by atoms with Crippen LogP contribution in [-0.4, -0.2) is 77.5 Å². The Balaban J connectivity index is 1.64. The molecule has 0 radical (unpaired) electrons. The van der Waals surface area contributed by atoms with Crippen molar-refractivity contribution in [1.29, 1.82) is 0 Å². The Bertz CT molecular complexity index is 417. The van der Waals surface area contributed by atoms with Crippen molar-refractivity contribution in [3.8, 4) is 0 Å². The van der Waals surface area contributed by atoms with E-state index in [1.54, 1.807) is 11.8 Å². The molecule has 0 aliphatic carbocycles. The van der Waals surface area contributed by atoms with E-state index in [0.717, 1.165) is 19.6 Å². The second-order valence-electron chi connectivity index (χ2n) is 4.41. The highest BCUT2D eigenvalue weighted by Gasteiger charge is 2.29. The van der Waals surface area contributed by atoms with Gasteiger partial charge < -0.3 is 14.6 Å². The SMILES string of the molecule is COCCOCCN1CC(n2cc(C(=O)O)nn2)C1. The van der Waals surface area contributed by atoms with Crippen LogP contribution in [0.5, 0.6) is 0 Å².